The summed E-state index contributed by atoms with van der Waals surface area (Å²) in [7, 11) is 1.53. The van der Waals surface area contributed by atoms with Crippen molar-refractivity contribution in [1.29, 1.82) is 0 Å². The minimum absolute atomic E-state index is 0.0844. The van der Waals surface area contributed by atoms with E-state index >= 15 is 0 Å². The van der Waals surface area contributed by atoms with E-state index in [9.17, 15) is 9.59 Å². The maximum atomic E-state index is 12.1. The lowest BCUT2D eigenvalue weighted by atomic mass is 10.2. The Morgan fingerprint density at radius 3 is 2.04 bits per heavy atom. The Morgan fingerprint density at radius 1 is 0.923 bits per heavy atom. The highest BCUT2D eigenvalue weighted by Crippen LogP contribution is 2.18. The Hall–Kier alpha value is -3.02. The van der Waals surface area contributed by atoms with Gasteiger partial charge in [-0.15, -0.1) is 0 Å². The number of hydrogen-bond acceptors (Lipinski definition) is 4. The Bertz CT molecular complexity index is 737. The first-order chi connectivity index (χ1) is 12.2. The van der Waals surface area contributed by atoms with Gasteiger partial charge in [-0.1, -0.05) is 18.2 Å². The van der Waals surface area contributed by atoms with Crippen LogP contribution in [0.3, 0.4) is 0 Å². The van der Waals surface area contributed by atoms with Gasteiger partial charge in [-0.2, -0.15) is 0 Å². The van der Waals surface area contributed by atoms with E-state index in [1.165, 1.54) is 11.9 Å². The first-order valence-electron chi connectivity index (χ1n) is 8.39. The molecule has 0 fully saturated rings. The summed E-state index contributed by atoms with van der Waals surface area (Å²) < 4.78 is 5.22. The number of carbonyl (C=O) groups is 2. The number of hydrogen-bond donors (Lipinski definition) is 2. The molecule has 0 radical (unpaired) electrons. The zero-order chi connectivity index (χ0) is 19.2. The zero-order valence-corrected chi connectivity index (χ0v) is 15.6. The lowest BCUT2D eigenvalue weighted by Gasteiger charge is -2.24. The number of rotatable bonds is 5. The molecular formula is C20H25N3O3. The van der Waals surface area contributed by atoms with Crippen LogP contribution in [-0.4, -0.2) is 36.1 Å². The van der Waals surface area contributed by atoms with Gasteiger partial charge in [0.2, 0.25) is 5.91 Å². The second-order valence-electron chi connectivity index (χ2n) is 6.95. The van der Waals surface area contributed by atoms with Crippen LogP contribution in [0.4, 0.5) is 21.9 Å². The van der Waals surface area contributed by atoms with E-state index in [-0.39, 0.29) is 12.5 Å². The molecule has 0 bridgehead atoms. The van der Waals surface area contributed by atoms with E-state index < -0.39 is 11.7 Å². The smallest absolute Gasteiger partial charge is 0.410 e. The SMILES string of the molecule is CN(CC(=O)Nc1ccc(Nc2ccccc2)cc1)C(=O)OC(C)(C)C. The molecule has 0 aromatic heterocycles. The van der Waals surface area contributed by atoms with Gasteiger partial charge in [-0.3, -0.25) is 4.79 Å². The molecule has 6 nitrogen and oxygen atoms in total. The molecule has 0 heterocycles. The van der Waals surface area contributed by atoms with E-state index in [1.54, 1.807) is 32.9 Å². The van der Waals surface area contributed by atoms with Crippen molar-refractivity contribution in [2.75, 3.05) is 24.2 Å². The van der Waals surface area contributed by atoms with E-state index in [4.69, 9.17) is 4.74 Å². The van der Waals surface area contributed by atoms with E-state index in [0.29, 0.717) is 5.69 Å². The quantitative estimate of drug-likeness (QED) is 0.842. The third kappa shape index (κ3) is 6.47. The molecule has 0 aliphatic carbocycles. The zero-order valence-electron chi connectivity index (χ0n) is 15.6. The number of nitrogens with one attached hydrogen (secondary N) is 2. The number of benzene rings is 2. The summed E-state index contributed by atoms with van der Waals surface area (Å²) in [5.74, 6) is -0.290. The molecule has 2 N–H and O–H groups in total. The summed E-state index contributed by atoms with van der Waals surface area (Å²) in [4.78, 5) is 25.2. The molecule has 138 valence electrons. The Morgan fingerprint density at radius 2 is 1.46 bits per heavy atom. The summed E-state index contributed by atoms with van der Waals surface area (Å²) in [5, 5.41) is 6.04. The molecule has 0 spiro atoms. The summed E-state index contributed by atoms with van der Waals surface area (Å²) in [6.45, 7) is 5.26. The van der Waals surface area contributed by atoms with Crippen molar-refractivity contribution in [3.8, 4) is 0 Å². The van der Waals surface area contributed by atoms with Gasteiger partial charge in [0.15, 0.2) is 0 Å². The topological polar surface area (TPSA) is 70.7 Å². The second kappa shape index (κ2) is 8.38. The summed E-state index contributed by atoms with van der Waals surface area (Å²) in [5.41, 5.74) is 1.97. The minimum Gasteiger partial charge on any atom is -0.444 e. The van der Waals surface area contributed by atoms with Gasteiger partial charge in [0, 0.05) is 24.1 Å². The minimum atomic E-state index is -0.594. The maximum absolute atomic E-state index is 12.1. The summed E-state index contributed by atoms with van der Waals surface area (Å²) in [6.07, 6.45) is -0.532. The predicted molar refractivity (Wildman–Crippen MR) is 104 cm³/mol. The molecule has 2 aromatic rings. The van der Waals surface area contributed by atoms with Crippen LogP contribution in [0.25, 0.3) is 0 Å². The molecule has 0 saturated heterocycles. The van der Waals surface area contributed by atoms with E-state index in [1.807, 2.05) is 42.5 Å². The first-order valence-corrected chi connectivity index (χ1v) is 8.39. The largest absolute Gasteiger partial charge is 0.444 e. The monoisotopic (exact) mass is 355 g/mol. The van der Waals surface area contributed by atoms with Crippen LogP contribution in [0, 0.1) is 0 Å². The van der Waals surface area contributed by atoms with Crippen LogP contribution >= 0.6 is 0 Å². The van der Waals surface area contributed by atoms with Crippen molar-refractivity contribution < 1.29 is 14.3 Å². The standard InChI is InChI=1S/C20H25N3O3/c1-20(2,3)26-19(25)23(4)14-18(24)22-17-12-10-16(11-13-17)21-15-8-6-5-7-9-15/h5-13,21H,14H2,1-4H3,(H,22,24). The highest BCUT2D eigenvalue weighted by molar-refractivity contribution is 5.94. The van der Waals surface area contributed by atoms with E-state index in [0.717, 1.165) is 11.4 Å². The number of anilines is 3. The Balaban J connectivity index is 1.86. The molecule has 0 atom stereocenters. The van der Waals surface area contributed by atoms with Crippen LogP contribution in [-0.2, 0) is 9.53 Å². The maximum Gasteiger partial charge on any atom is 0.410 e. The molecule has 0 saturated carbocycles. The second-order valence-corrected chi connectivity index (χ2v) is 6.95. The number of carbonyl (C=O) groups excluding carboxylic acids is 2. The average molecular weight is 355 g/mol. The van der Waals surface area contributed by atoms with Gasteiger partial charge in [0.25, 0.3) is 0 Å². The van der Waals surface area contributed by atoms with Crippen molar-refractivity contribution in [3.63, 3.8) is 0 Å². The van der Waals surface area contributed by atoms with Gasteiger partial charge in [0.1, 0.15) is 12.1 Å². The van der Waals surface area contributed by atoms with Crippen LogP contribution in [0.5, 0.6) is 0 Å². The van der Waals surface area contributed by atoms with Crippen molar-refractivity contribution in [2.24, 2.45) is 0 Å². The van der Waals surface area contributed by atoms with Gasteiger partial charge < -0.3 is 20.3 Å². The third-order valence-corrected chi connectivity index (χ3v) is 3.32. The van der Waals surface area contributed by atoms with Gasteiger partial charge in [0.05, 0.1) is 0 Å². The van der Waals surface area contributed by atoms with Crippen LogP contribution in [0.1, 0.15) is 20.8 Å². The first kappa shape index (κ1) is 19.3. The fourth-order valence-corrected chi connectivity index (χ4v) is 2.15. The van der Waals surface area contributed by atoms with Crippen LogP contribution in [0.2, 0.25) is 0 Å². The lowest BCUT2D eigenvalue weighted by molar-refractivity contribution is -0.117. The molecule has 2 amide bonds. The normalized spacial score (nSPS) is 10.8. The van der Waals surface area contributed by atoms with Gasteiger partial charge in [-0.05, 0) is 57.2 Å². The number of para-hydroxylation sites is 1. The molecule has 0 aliphatic heterocycles. The Kier molecular flexibility index (Phi) is 6.22. The Labute approximate surface area is 154 Å². The molecule has 0 unspecified atom stereocenters. The fourth-order valence-electron chi connectivity index (χ4n) is 2.15. The van der Waals surface area contributed by atoms with E-state index in [2.05, 4.69) is 10.6 Å². The van der Waals surface area contributed by atoms with Crippen LogP contribution in [0.15, 0.2) is 54.6 Å². The number of nitrogens with zero attached hydrogens (tertiary/aromatic N) is 1. The average Bonchev–Trinajstić information content (AvgIpc) is 2.56. The number of likely N-dealkylation sites (N-methyl/N-ethyl adjacent to an activating group) is 1. The molecule has 26 heavy (non-hydrogen) atoms. The highest BCUT2D eigenvalue weighted by atomic mass is 16.6. The molecule has 0 aliphatic rings. The number of amides is 2. The lowest BCUT2D eigenvalue weighted by Crippen LogP contribution is -2.38. The molecular weight excluding hydrogens is 330 g/mol. The van der Waals surface area contributed by atoms with Gasteiger partial charge in [-0.25, -0.2) is 4.79 Å². The van der Waals surface area contributed by atoms with Gasteiger partial charge >= 0.3 is 6.09 Å². The van der Waals surface area contributed by atoms with Crippen molar-refractivity contribution >= 4 is 29.1 Å². The van der Waals surface area contributed by atoms with Crippen molar-refractivity contribution in [1.82, 2.24) is 4.90 Å². The number of ether oxygens (including phenoxy) is 1. The predicted octanol–water partition coefficient (Wildman–Crippen LogP) is 4.24. The van der Waals surface area contributed by atoms with Crippen molar-refractivity contribution in [3.05, 3.63) is 54.6 Å². The molecule has 2 rings (SSSR count). The fraction of sp³-hybridized carbons (Fsp3) is 0.300. The summed E-state index contributed by atoms with van der Waals surface area (Å²) in [6, 6.07) is 17.2. The third-order valence-electron chi connectivity index (χ3n) is 3.32. The van der Waals surface area contributed by atoms with Crippen LogP contribution < -0.4 is 10.6 Å². The van der Waals surface area contributed by atoms with Crippen molar-refractivity contribution in [2.45, 2.75) is 26.4 Å². The summed E-state index contributed by atoms with van der Waals surface area (Å²) >= 11 is 0. The molecule has 2 aromatic carbocycles. The highest BCUT2D eigenvalue weighted by Gasteiger charge is 2.21. The molecule has 6 heteroatoms.